The van der Waals surface area contributed by atoms with Gasteiger partial charge in [-0.3, -0.25) is 0 Å². The topological polar surface area (TPSA) is 29.5 Å². The second-order valence-electron chi connectivity index (χ2n) is 4.45. The summed E-state index contributed by atoms with van der Waals surface area (Å²) in [5.41, 5.74) is 1.02. The number of aliphatic hydroxyl groups excluding tert-OH is 1. The Balaban J connectivity index is 1.84. The van der Waals surface area contributed by atoms with Crippen LogP contribution in [0.4, 0.5) is 0 Å². The van der Waals surface area contributed by atoms with Gasteiger partial charge in [-0.1, -0.05) is 0 Å². The Labute approximate surface area is 94.9 Å². The van der Waals surface area contributed by atoms with Crippen molar-refractivity contribution in [1.29, 1.82) is 0 Å². The molecule has 1 aromatic heterocycles. The van der Waals surface area contributed by atoms with Crippen molar-refractivity contribution in [1.82, 2.24) is 0 Å². The molecule has 1 fully saturated rings. The van der Waals surface area contributed by atoms with E-state index in [2.05, 4.69) is 16.8 Å². The first-order valence-electron chi connectivity index (χ1n) is 5.54. The smallest absolute Gasteiger partial charge is 0.0913 e. The van der Waals surface area contributed by atoms with Crippen LogP contribution in [0.3, 0.4) is 0 Å². The summed E-state index contributed by atoms with van der Waals surface area (Å²) in [4.78, 5) is 0. The molecule has 2 heterocycles. The molecular formula is C12H18O2S. The van der Waals surface area contributed by atoms with Crippen LogP contribution in [0.1, 0.15) is 31.7 Å². The van der Waals surface area contributed by atoms with Crippen molar-refractivity contribution in [3.63, 3.8) is 0 Å². The Kier molecular flexibility index (Phi) is 3.44. The van der Waals surface area contributed by atoms with E-state index in [1.54, 1.807) is 11.3 Å². The average molecular weight is 226 g/mol. The quantitative estimate of drug-likeness (QED) is 0.855. The van der Waals surface area contributed by atoms with Gasteiger partial charge < -0.3 is 9.84 Å². The molecule has 0 bridgehead atoms. The average Bonchev–Trinajstić information content (AvgIpc) is 2.85. The van der Waals surface area contributed by atoms with Gasteiger partial charge >= 0.3 is 0 Å². The van der Waals surface area contributed by atoms with Crippen molar-refractivity contribution in [2.75, 3.05) is 6.61 Å². The number of ether oxygens (including phenoxy) is 1. The molecule has 0 radical (unpaired) electrons. The number of rotatable bonds is 4. The summed E-state index contributed by atoms with van der Waals surface area (Å²) < 4.78 is 5.62. The molecule has 2 unspecified atom stereocenters. The molecule has 2 atom stereocenters. The highest BCUT2D eigenvalue weighted by Gasteiger charge is 2.36. The summed E-state index contributed by atoms with van der Waals surface area (Å²) in [6, 6.07) is 2.12. The highest BCUT2D eigenvalue weighted by Crippen LogP contribution is 2.30. The van der Waals surface area contributed by atoms with Gasteiger partial charge in [-0.25, -0.2) is 0 Å². The zero-order valence-corrected chi connectivity index (χ0v) is 9.93. The Bertz CT molecular complexity index is 289. The molecule has 2 nitrogen and oxygen atoms in total. The normalized spacial score (nSPS) is 28.1. The second-order valence-corrected chi connectivity index (χ2v) is 5.23. The van der Waals surface area contributed by atoms with E-state index in [0.29, 0.717) is 0 Å². The van der Waals surface area contributed by atoms with Crippen molar-refractivity contribution >= 4 is 11.3 Å². The Morgan fingerprint density at radius 2 is 2.53 bits per heavy atom. The highest BCUT2D eigenvalue weighted by atomic mass is 32.1. The predicted octanol–water partition coefficient (Wildman–Crippen LogP) is 2.61. The van der Waals surface area contributed by atoms with Crippen LogP contribution in [0.2, 0.25) is 0 Å². The lowest BCUT2D eigenvalue weighted by molar-refractivity contribution is -0.0800. The van der Waals surface area contributed by atoms with E-state index >= 15 is 0 Å². The van der Waals surface area contributed by atoms with Crippen molar-refractivity contribution in [2.24, 2.45) is 0 Å². The van der Waals surface area contributed by atoms with E-state index in [1.807, 2.05) is 6.92 Å². The van der Waals surface area contributed by atoms with Gasteiger partial charge in [-0.2, -0.15) is 11.3 Å². The van der Waals surface area contributed by atoms with Gasteiger partial charge in [0.15, 0.2) is 0 Å². The third kappa shape index (κ3) is 2.60. The summed E-state index contributed by atoms with van der Waals surface area (Å²) in [7, 11) is 0. The van der Waals surface area contributed by atoms with Crippen LogP contribution in [0, 0.1) is 0 Å². The van der Waals surface area contributed by atoms with Crippen LogP contribution in [-0.2, 0) is 11.2 Å². The van der Waals surface area contributed by atoms with Gasteiger partial charge in [0.25, 0.3) is 0 Å². The summed E-state index contributed by atoms with van der Waals surface area (Å²) >= 11 is 1.71. The van der Waals surface area contributed by atoms with Crippen LogP contribution in [0.25, 0.3) is 0 Å². The molecule has 1 N–H and O–H groups in total. The molecule has 1 saturated heterocycles. The maximum absolute atomic E-state index is 10.1. The lowest BCUT2D eigenvalue weighted by Gasteiger charge is -2.29. The van der Waals surface area contributed by atoms with Gasteiger partial charge in [-0.15, -0.1) is 0 Å². The van der Waals surface area contributed by atoms with E-state index in [0.717, 1.165) is 32.3 Å². The molecule has 84 valence electrons. The van der Waals surface area contributed by atoms with Gasteiger partial charge in [0.2, 0.25) is 0 Å². The van der Waals surface area contributed by atoms with Crippen molar-refractivity contribution in [3.05, 3.63) is 22.4 Å². The minimum absolute atomic E-state index is 0.296. The lowest BCUT2D eigenvalue weighted by Crippen LogP contribution is -2.38. The molecule has 3 heteroatoms. The number of aliphatic hydroxyl groups is 1. The minimum atomic E-state index is -0.333. The second kappa shape index (κ2) is 4.64. The Morgan fingerprint density at radius 1 is 1.67 bits per heavy atom. The standard InChI is InChI=1S/C12H18O2S/c1-12(6-2-7-14-12)11(13)4-3-10-5-8-15-9-10/h5,8-9,11,13H,2-4,6-7H2,1H3. The molecule has 0 amide bonds. The number of aryl methyl sites for hydroxylation is 1. The molecule has 15 heavy (non-hydrogen) atoms. The van der Waals surface area contributed by atoms with E-state index in [4.69, 9.17) is 4.74 Å². The summed E-state index contributed by atoms with van der Waals surface area (Å²) in [5.74, 6) is 0. The van der Waals surface area contributed by atoms with Crippen LogP contribution in [0.5, 0.6) is 0 Å². The molecule has 0 aromatic carbocycles. The molecule has 1 aliphatic rings. The largest absolute Gasteiger partial charge is 0.390 e. The fourth-order valence-corrected chi connectivity index (χ4v) is 2.81. The monoisotopic (exact) mass is 226 g/mol. The minimum Gasteiger partial charge on any atom is -0.390 e. The molecule has 1 aromatic rings. The zero-order chi connectivity index (χ0) is 10.7. The third-order valence-electron chi connectivity index (χ3n) is 3.24. The fraction of sp³-hybridized carbons (Fsp3) is 0.667. The predicted molar refractivity (Wildman–Crippen MR) is 62.2 cm³/mol. The zero-order valence-electron chi connectivity index (χ0n) is 9.11. The van der Waals surface area contributed by atoms with E-state index in [-0.39, 0.29) is 11.7 Å². The number of hydrogen-bond donors (Lipinski definition) is 1. The fourth-order valence-electron chi connectivity index (χ4n) is 2.11. The van der Waals surface area contributed by atoms with Crippen molar-refractivity contribution in [2.45, 2.75) is 44.3 Å². The first-order chi connectivity index (χ1) is 7.21. The summed E-state index contributed by atoms with van der Waals surface area (Å²) in [6.45, 7) is 2.82. The first-order valence-corrected chi connectivity index (χ1v) is 6.48. The first kappa shape index (κ1) is 11.1. The molecule has 0 saturated carbocycles. The van der Waals surface area contributed by atoms with Crippen LogP contribution < -0.4 is 0 Å². The highest BCUT2D eigenvalue weighted by molar-refractivity contribution is 7.07. The van der Waals surface area contributed by atoms with E-state index < -0.39 is 0 Å². The van der Waals surface area contributed by atoms with Crippen LogP contribution in [-0.4, -0.2) is 23.4 Å². The molecule has 0 spiro atoms. The van der Waals surface area contributed by atoms with E-state index in [1.165, 1.54) is 5.56 Å². The molecule has 1 aliphatic heterocycles. The van der Waals surface area contributed by atoms with Crippen LogP contribution >= 0.6 is 11.3 Å². The Morgan fingerprint density at radius 3 is 3.13 bits per heavy atom. The van der Waals surface area contributed by atoms with Gasteiger partial charge in [0.05, 0.1) is 11.7 Å². The summed E-state index contributed by atoms with van der Waals surface area (Å²) in [6.07, 6.45) is 3.47. The summed E-state index contributed by atoms with van der Waals surface area (Å²) in [5, 5.41) is 14.3. The van der Waals surface area contributed by atoms with Gasteiger partial charge in [-0.05, 0) is 55.0 Å². The molecule has 2 rings (SSSR count). The lowest BCUT2D eigenvalue weighted by atomic mass is 9.91. The number of hydrogen-bond acceptors (Lipinski definition) is 3. The Hall–Kier alpha value is -0.380. The SMILES string of the molecule is CC1(C(O)CCc2ccsc2)CCCO1. The third-order valence-corrected chi connectivity index (χ3v) is 3.97. The van der Waals surface area contributed by atoms with Crippen LogP contribution in [0.15, 0.2) is 16.8 Å². The molecular weight excluding hydrogens is 208 g/mol. The maximum Gasteiger partial charge on any atom is 0.0913 e. The van der Waals surface area contributed by atoms with Crippen molar-refractivity contribution < 1.29 is 9.84 Å². The van der Waals surface area contributed by atoms with Crippen molar-refractivity contribution in [3.8, 4) is 0 Å². The van der Waals surface area contributed by atoms with Gasteiger partial charge in [0.1, 0.15) is 0 Å². The molecule has 0 aliphatic carbocycles. The maximum atomic E-state index is 10.1. The van der Waals surface area contributed by atoms with E-state index in [9.17, 15) is 5.11 Å². The number of thiophene rings is 1. The van der Waals surface area contributed by atoms with Gasteiger partial charge in [0, 0.05) is 6.61 Å².